The van der Waals surface area contributed by atoms with Gasteiger partial charge in [-0.1, -0.05) is 6.07 Å². The summed E-state index contributed by atoms with van der Waals surface area (Å²) in [6.07, 6.45) is 2.98. The van der Waals surface area contributed by atoms with Gasteiger partial charge in [0.2, 0.25) is 0 Å². The van der Waals surface area contributed by atoms with Crippen LogP contribution in [-0.4, -0.2) is 35.8 Å². The number of esters is 1. The first-order valence-corrected chi connectivity index (χ1v) is 10.8. The molecule has 1 amide bonds. The van der Waals surface area contributed by atoms with Gasteiger partial charge in [-0.25, -0.2) is 14.6 Å². The molecule has 0 atom stereocenters. The number of anilines is 1. The summed E-state index contributed by atoms with van der Waals surface area (Å²) in [5.74, 6) is 0.435. The van der Waals surface area contributed by atoms with E-state index < -0.39 is 5.60 Å². The number of hydrogen-bond acceptors (Lipinski definition) is 6. The average molecular weight is 417 g/mol. The summed E-state index contributed by atoms with van der Waals surface area (Å²) < 4.78 is 10.6. The Morgan fingerprint density at radius 1 is 1.17 bits per heavy atom. The highest BCUT2D eigenvalue weighted by Crippen LogP contribution is 2.28. The largest absolute Gasteiger partial charge is 0.462 e. The van der Waals surface area contributed by atoms with E-state index in [1.807, 2.05) is 39.0 Å². The molecule has 3 rings (SSSR count). The van der Waals surface area contributed by atoms with Crippen LogP contribution in [0.3, 0.4) is 0 Å². The molecule has 1 aliphatic heterocycles. The van der Waals surface area contributed by atoms with E-state index in [0.717, 1.165) is 41.8 Å². The van der Waals surface area contributed by atoms with E-state index >= 15 is 0 Å². The van der Waals surface area contributed by atoms with Crippen LogP contribution >= 0.6 is 11.3 Å². The summed E-state index contributed by atoms with van der Waals surface area (Å²) in [6, 6.07) is 7.86. The van der Waals surface area contributed by atoms with Crippen molar-refractivity contribution in [1.82, 2.24) is 4.98 Å². The Morgan fingerprint density at radius 3 is 2.69 bits per heavy atom. The van der Waals surface area contributed by atoms with Crippen molar-refractivity contribution in [2.45, 2.75) is 59.0 Å². The molecule has 0 unspecified atom stereocenters. The normalized spacial score (nSPS) is 13.7. The number of carbonyl (C=O) groups excluding carboxylic acids is 2. The second kappa shape index (κ2) is 8.95. The molecule has 2 aromatic rings. The smallest absolute Gasteiger partial charge is 0.416 e. The Labute approximate surface area is 175 Å². The predicted octanol–water partition coefficient (Wildman–Crippen LogP) is 4.79. The minimum atomic E-state index is -0.540. The van der Waals surface area contributed by atoms with Gasteiger partial charge in [-0.05, 0) is 77.1 Å². The molecule has 0 fully saturated rings. The fraction of sp³-hybridized carbons (Fsp3) is 0.500. The molecule has 0 radical (unpaired) electrons. The zero-order valence-electron chi connectivity index (χ0n) is 17.5. The molecule has 3 heterocycles. The third-order valence-electron chi connectivity index (χ3n) is 4.48. The summed E-state index contributed by atoms with van der Waals surface area (Å²) in [5.41, 5.74) is 1.46. The number of carbonyl (C=O) groups is 2. The average Bonchev–Trinajstić information content (AvgIpc) is 3.14. The van der Waals surface area contributed by atoms with Gasteiger partial charge < -0.3 is 9.47 Å². The quantitative estimate of drug-likeness (QED) is 0.655. The number of thiophene rings is 1. The van der Waals surface area contributed by atoms with Gasteiger partial charge in [0.05, 0.1) is 6.61 Å². The molecule has 6 nitrogen and oxygen atoms in total. The lowest BCUT2D eigenvalue weighted by molar-refractivity contribution is 0.0530. The molecule has 0 aromatic carbocycles. The summed E-state index contributed by atoms with van der Waals surface area (Å²) in [4.78, 5) is 32.6. The number of rotatable bonds is 5. The monoisotopic (exact) mass is 416 g/mol. The molecular weight excluding hydrogens is 388 g/mol. The molecule has 2 aromatic heterocycles. The maximum absolute atomic E-state index is 12.6. The van der Waals surface area contributed by atoms with Crippen LogP contribution in [0.25, 0.3) is 0 Å². The van der Waals surface area contributed by atoms with Gasteiger partial charge in [0, 0.05) is 17.1 Å². The standard InChI is InChI=1S/C22H28N2O4S/c1-5-27-20(25)18-13-12-17(29-18)11-10-16-9-8-15-7-6-14-24(19(15)23-16)21(26)28-22(2,3)4/h8-9,12-13H,5-7,10-11,14H2,1-4H3. The number of ether oxygens (including phenoxy) is 2. The van der Waals surface area contributed by atoms with Crippen LogP contribution in [0.5, 0.6) is 0 Å². The minimum absolute atomic E-state index is 0.274. The lowest BCUT2D eigenvalue weighted by atomic mass is 10.0. The van der Waals surface area contributed by atoms with Crippen molar-refractivity contribution in [2.24, 2.45) is 0 Å². The molecule has 7 heteroatoms. The maximum atomic E-state index is 12.6. The van der Waals surface area contributed by atoms with Crippen LogP contribution in [0, 0.1) is 0 Å². The van der Waals surface area contributed by atoms with Crippen molar-refractivity contribution in [2.75, 3.05) is 18.1 Å². The second-order valence-corrected chi connectivity index (χ2v) is 9.18. The Kier molecular flexibility index (Phi) is 6.57. The summed E-state index contributed by atoms with van der Waals surface area (Å²) in [6.45, 7) is 8.39. The van der Waals surface area contributed by atoms with E-state index in [4.69, 9.17) is 14.5 Å². The number of aromatic nitrogens is 1. The van der Waals surface area contributed by atoms with Crippen molar-refractivity contribution in [3.63, 3.8) is 0 Å². The lowest BCUT2D eigenvalue weighted by Gasteiger charge is -2.31. The minimum Gasteiger partial charge on any atom is -0.462 e. The van der Waals surface area contributed by atoms with E-state index in [1.54, 1.807) is 11.8 Å². The Hall–Kier alpha value is -2.41. The number of pyridine rings is 1. The highest BCUT2D eigenvalue weighted by atomic mass is 32.1. The number of nitrogens with zero attached hydrogens (tertiary/aromatic N) is 2. The maximum Gasteiger partial charge on any atom is 0.416 e. The van der Waals surface area contributed by atoms with Crippen molar-refractivity contribution >= 4 is 29.2 Å². The summed E-state index contributed by atoms with van der Waals surface area (Å²) in [5, 5.41) is 0. The van der Waals surface area contributed by atoms with Crippen LogP contribution in [-0.2, 0) is 28.7 Å². The van der Waals surface area contributed by atoms with Gasteiger partial charge in [-0.15, -0.1) is 11.3 Å². The van der Waals surface area contributed by atoms with Gasteiger partial charge in [0.15, 0.2) is 0 Å². The van der Waals surface area contributed by atoms with Gasteiger partial charge in [-0.3, -0.25) is 4.90 Å². The first-order valence-electron chi connectivity index (χ1n) is 10.0. The van der Waals surface area contributed by atoms with Crippen LogP contribution < -0.4 is 4.90 Å². The Balaban J connectivity index is 1.70. The van der Waals surface area contributed by atoms with Crippen molar-refractivity contribution in [1.29, 1.82) is 0 Å². The SMILES string of the molecule is CCOC(=O)c1ccc(CCc2ccc3c(n2)N(C(=O)OC(C)(C)C)CCC3)s1. The van der Waals surface area contributed by atoms with Crippen molar-refractivity contribution in [3.8, 4) is 0 Å². The van der Waals surface area contributed by atoms with E-state index in [0.29, 0.717) is 23.8 Å². The number of amides is 1. The van der Waals surface area contributed by atoms with E-state index in [-0.39, 0.29) is 12.1 Å². The van der Waals surface area contributed by atoms with Crippen molar-refractivity contribution < 1.29 is 19.1 Å². The number of fused-ring (bicyclic) bond motifs is 1. The summed E-state index contributed by atoms with van der Waals surface area (Å²) >= 11 is 1.45. The first-order chi connectivity index (χ1) is 13.8. The van der Waals surface area contributed by atoms with Crippen LogP contribution in [0.2, 0.25) is 0 Å². The number of hydrogen-bond donors (Lipinski definition) is 0. The molecule has 0 saturated heterocycles. The van der Waals surface area contributed by atoms with E-state index in [9.17, 15) is 9.59 Å². The molecule has 0 spiro atoms. The molecule has 29 heavy (non-hydrogen) atoms. The molecule has 1 aliphatic rings. The lowest BCUT2D eigenvalue weighted by Crippen LogP contribution is -2.40. The molecular formula is C22H28N2O4S. The highest BCUT2D eigenvalue weighted by Gasteiger charge is 2.28. The van der Waals surface area contributed by atoms with E-state index in [2.05, 4.69) is 6.07 Å². The molecule has 0 saturated carbocycles. The Morgan fingerprint density at radius 2 is 1.97 bits per heavy atom. The van der Waals surface area contributed by atoms with Gasteiger partial charge in [-0.2, -0.15) is 0 Å². The molecule has 0 aliphatic carbocycles. The van der Waals surface area contributed by atoms with E-state index in [1.165, 1.54) is 11.3 Å². The summed E-state index contributed by atoms with van der Waals surface area (Å²) in [7, 11) is 0. The first kappa shape index (κ1) is 21.3. The van der Waals surface area contributed by atoms with Gasteiger partial charge in [0.1, 0.15) is 16.3 Å². The zero-order chi connectivity index (χ0) is 21.0. The van der Waals surface area contributed by atoms with Crippen LogP contribution in [0.1, 0.15) is 59.9 Å². The number of aryl methyl sites for hydroxylation is 3. The molecule has 0 N–H and O–H groups in total. The fourth-order valence-electron chi connectivity index (χ4n) is 3.19. The van der Waals surface area contributed by atoms with Crippen LogP contribution in [0.15, 0.2) is 24.3 Å². The fourth-order valence-corrected chi connectivity index (χ4v) is 4.09. The third kappa shape index (κ3) is 5.56. The highest BCUT2D eigenvalue weighted by molar-refractivity contribution is 7.13. The molecule has 0 bridgehead atoms. The Bertz CT molecular complexity index is 885. The topological polar surface area (TPSA) is 68.7 Å². The van der Waals surface area contributed by atoms with Gasteiger partial charge in [0.25, 0.3) is 0 Å². The molecule has 156 valence electrons. The zero-order valence-corrected chi connectivity index (χ0v) is 18.3. The van der Waals surface area contributed by atoms with Crippen molar-refractivity contribution in [3.05, 3.63) is 45.3 Å². The van der Waals surface area contributed by atoms with Crippen LogP contribution in [0.4, 0.5) is 10.6 Å². The van der Waals surface area contributed by atoms with Gasteiger partial charge >= 0.3 is 12.1 Å². The second-order valence-electron chi connectivity index (χ2n) is 8.01. The third-order valence-corrected chi connectivity index (χ3v) is 5.60. The predicted molar refractivity (Wildman–Crippen MR) is 114 cm³/mol.